The highest BCUT2D eigenvalue weighted by Crippen LogP contribution is 2.11. The van der Waals surface area contributed by atoms with Crippen LogP contribution in [-0.4, -0.2) is 26.1 Å². The van der Waals surface area contributed by atoms with Gasteiger partial charge in [0.05, 0.1) is 6.54 Å². The molecule has 5 nitrogen and oxygen atoms in total. The molecule has 0 fully saturated rings. The van der Waals surface area contributed by atoms with Crippen molar-refractivity contribution >= 4 is 28.6 Å². The fourth-order valence-corrected chi connectivity index (χ4v) is 1.90. The van der Waals surface area contributed by atoms with Crippen LogP contribution < -0.4 is 0 Å². The Morgan fingerprint density at radius 1 is 1.38 bits per heavy atom. The number of nitrogens with zero attached hydrogens (tertiary/aromatic N) is 3. The third kappa shape index (κ3) is 2.21. The number of hydrogen-bond acceptors (Lipinski definition) is 3. The van der Waals surface area contributed by atoms with Crippen molar-refractivity contribution in [2.24, 2.45) is 0 Å². The van der Waals surface area contributed by atoms with Crippen LogP contribution in [0.15, 0.2) is 30.3 Å². The third-order valence-corrected chi connectivity index (χ3v) is 3.12. The highest BCUT2D eigenvalue weighted by molar-refractivity contribution is 14.1. The zero-order chi connectivity index (χ0) is 11.5. The zero-order valence-electron chi connectivity index (χ0n) is 8.17. The minimum Gasteiger partial charge on any atom is -0.476 e. The summed E-state index contributed by atoms with van der Waals surface area (Å²) in [5, 5.41) is 16.3. The van der Waals surface area contributed by atoms with Crippen molar-refractivity contribution in [3.05, 3.63) is 45.3 Å². The van der Waals surface area contributed by atoms with Gasteiger partial charge in [0.15, 0.2) is 0 Å². The van der Waals surface area contributed by atoms with Gasteiger partial charge in [-0.1, -0.05) is 35.5 Å². The van der Waals surface area contributed by atoms with Crippen LogP contribution in [0.25, 0.3) is 0 Å². The van der Waals surface area contributed by atoms with Crippen LogP contribution in [0.1, 0.15) is 16.1 Å². The topological polar surface area (TPSA) is 68.0 Å². The number of carboxylic acids is 1. The quantitative estimate of drug-likeness (QED) is 0.869. The summed E-state index contributed by atoms with van der Waals surface area (Å²) in [6.45, 7) is 0.527. The minimum atomic E-state index is -1.05. The maximum absolute atomic E-state index is 10.8. The molecule has 0 unspecified atom stereocenters. The Kier molecular flexibility index (Phi) is 3.18. The normalized spacial score (nSPS) is 10.3. The van der Waals surface area contributed by atoms with Gasteiger partial charge in [-0.2, -0.15) is 0 Å². The lowest BCUT2D eigenvalue weighted by molar-refractivity contribution is 0.0689. The van der Waals surface area contributed by atoms with E-state index in [1.54, 1.807) is 4.68 Å². The van der Waals surface area contributed by atoms with E-state index in [9.17, 15) is 4.79 Å². The lowest BCUT2D eigenvalue weighted by Gasteiger charge is -2.01. The van der Waals surface area contributed by atoms with Gasteiger partial charge in [-0.15, -0.1) is 5.10 Å². The summed E-state index contributed by atoms with van der Waals surface area (Å²) in [4.78, 5) is 10.8. The smallest absolute Gasteiger partial charge is 0.359 e. The summed E-state index contributed by atoms with van der Waals surface area (Å²) in [5.41, 5.74) is 1.05. The molecule has 0 aliphatic heterocycles. The van der Waals surface area contributed by atoms with E-state index in [0.29, 0.717) is 10.2 Å². The number of carbonyl (C=O) groups is 1. The Balaban J connectivity index is 2.26. The number of aromatic carboxylic acids is 1. The van der Waals surface area contributed by atoms with Crippen molar-refractivity contribution in [1.82, 2.24) is 15.0 Å². The van der Waals surface area contributed by atoms with E-state index in [2.05, 4.69) is 10.3 Å². The molecule has 0 amide bonds. The van der Waals surface area contributed by atoms with Crippen molar-refractivity contribution in [2.75, 3.05) is 0 Å². The van der Waals surface area contributed by atoms with E-state index in [0.717, 1.165) is 5.56 Å². The van der Waals surface area contributed by atoms with Gasteiger partial charge in [0.2, 0.25) is 5.69 Å². The second kappa shape index (κ2) is 4.60. The molecule has 2 aromatic rings. The largest absolute Gasteiger partial charge is 0.476 e. The SMILES string of the molecule is O=C(O)c1nnn(Cc2ccccc2)c1I. The molecule has 1 aromatic carbocycles. The molecular weight excluding hydrogens is 321 g/mol. The van der Waals surface area contributed by atoms with Crippen molar-refractivity contribution in [3.8, 4) is 0 Å². The molecule has 0 atom stereocenters. The standard InChI is InChI=1S/C10H8IN3O2/c11-9-8(10(15)16)12-13-14(9)6-7-4-2-1-3-5-7/h1-5H,6H2,(H,15,16). The molecule has 82 valence electrons. The first-order valence-corrected chi connectivity index (χ1v) is 5.62. The van der Waals surface area contributed by atoms with Crippen LogP contribution in [-0.2, 0) is 6.54 Å². The van der Waals surface area contributed by atoms with Crippen molar-refractivity contribution in [3.63, 3.8) is 0 Å². The first-order chi connectivity index (χ1) is 7.68. The summed E-state index contributed by atoms with van der Waals surface area (Å²) in [7, 11) is 0. The van der Waals surface area contributed by atoms with Gasteiger partial charge in [0.1, 0.15) is 3.70 Å². The Labute approximate surface area is 105 Å². The lowest BCUT2D eigenvalue weighted by atomic mass is 10.2. The van der Waals surface area contributed by atoms with E-state index in [-0.39, 0.29) is 5.69 Å². The number of halogens is 1. The molecule has 16 heavy (non-hydrogen) atoms. The van der Waals surface area contributed by atoms with E-state index in [4.69, 9.17) is 5.11 Å². The number of carboxylic acid groups (broad SMARTS) is 1. The van der Waals surface area contributed by atoms with Crippen LogP contribution in [0.5, 0.6) is 0 Å². The molecule has 0 saturated carbocycles. The Morgan fingerprint density at radius 2 is 2.06 bits per heavy atom. The lowest BCUT2D eigenvalue weighted by Crippen LogP contribution is -2.05. The summed E-state index contributed by atoms with van der Waals surface area (Å²) < 4.78 is 2.10. The monoisotopic (exact) mass is 329 g/mol. The first-order valence-electron chi connectivity index (χ1n) is 4.54. The van der Waals surface area contributed by atoms with Crippen molar-refractivity contribution in [2.45, 2.75) is 6.54 Å². The molecule has 1 aromatic heterocycles. The summed E-state index contributed by atoms with van der Waals surface area (Å²) in [5.74, 6) is -1.05. The van der Waals surface area contributed by atoms with Crippen LogP contribution >= 0.6 is 22.6 Å². The highest BCUT2D eigenvalue weighted by atomic mass is 127. The van der Waals surface area contributed by atoms with Crippen molar-refractivity contribution < 1.29 is 9.90 Å². The molecule has 0 radical (unpaired) electrons. The van der Waals surface area contributed by atoms with Gasteiger partial charge in [-0.05, 0) is 28.2 Å². The highest BCUT2D eigenvalue weighted by Gasteiger charge is 2.16. The molecule has 0 bridgehead atoms. The number of hydrogen-bond donors (Lipinski definition) is 1. The fourth-order valence-electron chi connectivity index (χ4n) is 1.29. The molecule has 0 saturated heterocycles. The summed E-state index contributed by atoms with van der Waals surface area (Å²) in [6, 6.07) is 9.70. The summed E-state index contributed by atoms with van der Waals surface area (Å²) >= 11 is 1.94. The molecular formula is C10H8IN3O2. The second-order valence-corrected chi connectivity index (χ2v) is 4.20. The first kappa shape index (κ1) is 11.1. The predicted molar refractivity (Wildman–Crippen MR) is 65.2 cm³/mol. The second-order valence-electron chi connectivity index (χ2n) is 3.18. The molecule has 1 heterocycles. The van der Waals surface area contributed by atoms with Gasteiger partial charge in [-0.25, -0.2) is 9.48 Å². The van der Waals surface area contributed by atoms with Crippen LogP contribution in [0.3, 0.4) is 0 Å². The van der Waals surface area contributed by atoms with E-state index in [1.165, 1.54) is 0 Å². The Bertz CT molecular complexity index is 510. The Morgan fingerprint density at radius 3 is 2.62 bits per heavy atom. The van der Waals surface area contributed by atoms with E-state index < -0.39 is 5.97 Å². The van der Waals surface area contributed by atoms with Crippen LogP contribution in [0.2, 0.25) is 0 Å². The minimum absolute atomic E-state index is 0.00321. The number of benzene rings is 1. The predicted octanol–water partition coefficient (Wildman–Crippen LogP) is 1.63. The molecule has 0 aliphatic carbocycles. The van der Waals surface area contributed by atoms with Gasteiger partial charge in [0.25, 0.3) is 0 Å². The van der Waals surface area contributed by atoms with E-state index in [1.807, 2.05) is 52.9 Å². The number of rotatable bonds is 3. The zero-order valence-corrected chi connectivity index (χ0v) is 10.3. The maximum atomic E-state index is 10.8. The molecule has 6 heteroatoms. The third-order valence-electron chi connectivity index (χ3n) is 2.05. The average Bonchev–Trinajstić information content (AvgIpc) is 2.62. The van der Waals surface area contributed by atoms with Gasteiger partial charge < -0.3 is 5.11 Å². The number of aromatic nitrogens is 3. The fraction of sp³-hybridized carbons (Fsp3) is 0.100. The van der Waals surface area contributed by atoms with E-state index >= 15 is 0 Å². The summed E-state index contributed by atoms with van der Waals surface area (Å²) in [6.07, 6.45) is 0. The van der Waals surface area contributed by atoms with Gasteiger partial charge in [-0.3, -0.25) is 0 Å². The van der Waals surface area contributed by atoms with Crippen LogP contribution in [0, 0.1) is 3.70 Å². The molecule has 1 N–H and O–H groups in total. The van der Waals surface area contributed by atoms with Crippen molar-refractivity contribution in [1.29, 1.82) is 0 Å². The maximum Gasteiger partial charge on any atom is 0.359 e. The van der Waals surface area contributed by atoms with Crippen LogP contribution in [0.4, 0.5) is 0 Å². The average molecular weight is 329 g/mol. The molecule has 2 rings (SSSR count). The Hall–Kier alpha value is -1.44. The van der Waals surface area contributed by atoms with Gasteiger partial charge in [0, 0.05) is 0 Å². The molecule has 0 spiro atoms. The van der Waals surface area contributed by atoms with Gasteiger partial charge >= 0.3 is 5.97 Å². The molecule has 0 aliphatic rings.